The van der Waals surface area contributed by atoms with E-state index in [9.17, 15) is 0 Å². The van der Waals surface area contributed by atoms with Crippen LogP contribution in [0.2, 0.25) is 0 Å². The van der Waals surface area contributed by atoms with E-state index in [2.05, 4.69) is 38.3 Å². The van der Waals surface area contributed by atoms with Gasteiger partial charge in [-0.15, -0.1) is 0 Å². The van der Waals surface area contributed by atoms with Crippen LogP contribution in [0.25, 0.3) is 0 Å². The van der Waals surface area contributed by atoms with Crippen molar-refractivity contribution >= 4 is 5.95 Å². The smallest absolute Gasteiger partial charge is 0.263 e. The van der Waals surface area contributed by atoms with Crippen LogP contribution in [0.3, 0.4) is 0 Å². The van der Waals surface area contributed by atoms with Gasteiger partial charge in [0.25, 0.3) is 5.95 Å². The van der Waals surface area contributed by atoms with Gasteiger partial charge in [0.15, 0.2) is 0 Å². The van der Waals surface area contributed by atoms with Crippen molar-refractivity contribution in [3.05, 3.63) is 36.0 Å². The summed E-state index contributed by atoms with van der Waals surface area (Å²) < 4.78 is 10.7. The normalized spacial score (nSPS) is 17.1. The van der Waals surface area contributed by atoms with E-state index in [1.54, 1.807) is 0 Å². The van der Waals surface area contributed by atoms with Gasteiger partial charge in [0.05, 0.1) is 24.9 Å². The second-order valence-electron chi connectivity index (χ2n) is 5.56. The molecule has 0 aromatic carbocycles. The molecule has 0 amide bonds. The Morgan fingerprint density at radius 2 is 2.17 bits per heavy atom. The fourth-order valence-corrected chi connectivity index (χ4v) is 2.71. The van der Waals surface area contributed by atoms with Crippen LogP contribution in [0.1, 0.15) is 31.0 Å². The fraction of sp³-hybridized carbons (Fsp3) is 0.562. The van der Waals surface area contributed by atoms with Crippen LogP contribution in [0.5, 0.6) is 0 Å². The predicted molar refractivity (Wildman–Crippen MR) is 86.2 cm³/mol. The van der Waals surface area contributed by atoms with Gasteiger partial charge in [-0.1, -0.05) is 13.0 Å². The molecule has 7 nitrogen and oxygen atoms in total. The van der Waals surface area contributed by atoms with Gasteiger partial charge in [0, 0.05) is 32.3 Å². The average molecular weight is 317 g/mol. The number of hydrogen-bond donors (Lipinski definition) is 1. The first kappa shape index (κ1) is 15.9. The van der Waals surface area contributed by atoms with Crippen LogP contribution in [-0.2, 0) is 11.2 Å². The maximum absolute atomic E-state index is 5.46. The van der Waals surface area contributed by atoms with Crippen molar-refractivity contribution in [1.82, 2.24) is 20.0 Å². The standard InChI is InChI=1S/C16H23N5O2/c1-2-5-15-19-16(20-23-15)18-12-14(13-6-3-4-7-17-13)21-8-10-22-11-9-21/h3-4,6-7,14H,2,5,8-12H2,1H3,(H,18,20)/t14-/m1/s1. The highest BCUT2D eigenvalue weighted by atomic mass is 16.5. The molecule has 3 heterocycles. The maximum atomic E-state index is 5.46. The zero-order chi connectivity index (χ0) is 15.9. The third-order valence-corrected chi connectivity index (χ3v) is 3.90. The van der Waals surface area contributed by atoms with Crippen molar-refractivity contribution in [2.45, 2.75) is 25.8 Å². The molecule has 7 heteroatoms. The van der Waals surface area contributed by atoms with Crippen LogP contribution < -0.4 is 5.32 Å². The molecule has 0 unspecified atom stereocenters. The zero-order valence-electron chi connectivity index (χ0n) is 13.4. The average Bonchev–Trinajstić information content (AvgIpc) is 3.05. The Hall–Kier alpha value is -1.99. The summed E-state index contributed by atoms with van der Waals surface area (Å²) in [5.74, 6) is 1.22. The molecule has 2 aromatic heterocycles. The van der Waals surface area contributed by atoms with Crippen molar-refractivity contribution < 1.29 is 9.26 Å². The minimum absolute atomic E-state index is 0.160. The summed E-state index contributed by atoms with van der Waals surface area (Å²) in [4.78, 5) is 11.3. The third-order valence-electron chi connectivity index (χ3n) is 3.90. The van der Waals surface area contributed by atoms with Crippen molar-refractivity contribution in [3.8, 4) is 0 Å². The number of pyridine rings is 1. The Kier molecular flexibility index (Phi) is 5.55. The van der Waals surface area contributed by atoms with E-state index < -0.39 is 0 Å². The minimum atomic E-state index is 0.160. The molecule has 0 aliphatic carbocycles. The molecular formula is C16H23N5O2. The topological polar surface area (TPSA) is 76.3 Å². The van der Waals surface area contributed by atoms with Gasteiger partial charge in [-0.2, -0.15) is 4.98 Å². The van der Waals surface area contributed by atoms with E-state index in [1.165, 1.54) is 0 Å². The quantitative estimate of drug-likeness (QED) is 0.835. The van der Waals surface area contributed by atoms with Gasteiger partial charge in [-0.05, 0) is 23.7 Å². The van der Waals surface area contributed by atoms with Crippen molar-refractivity contribution in [2.24, 2.45) is 0 Å². The summed E-state index contributed by atoms with van der Waals surface area (Å²) in [6.07, 6.45) is 3.63. The van der Waals surface area contributed by atoms with Gasteiger partial charge in [0.2, 0.25) is 5.89 Å². The summed E-state index contributed by atoms with van der Waals surface area (Å²) in [6, 6.07) is 6.17. The number of morpholine rings is 1. The number of anilines is 1. The molecule has 0 bridgehead atoms. The van der Waals surface area contributed by atoms with Gasteiger partial charge >= 0.3 is 0 Å². The molecule has 23 heavy (non-hydrogen) atoms. The first-order valence-electron chi connectivity index (χ1n) is 8.16. The molecule has 0 radical (unpaired) electrons. The van der Waals surface area contributed by atoms with Gasteiger partial charge in [-0.25, -0.2) is 0 Å². The Bertz CT molecular complexity index is 583. The van der Waals surface area contributed by atoms with Crippen LogP contribution in [0, 0.1) is 0 Å². The van der Waals surface area contributed by atoms with E-state index >= 15 is 0 Å². The summed E-state index contributed by atoms with van der Waals surface area (Å²) in [6.45, 7) is 6.08. The van der Waals surface area contributed by atoms with Gasteiger partial charge in [0.1, 0.15) is 0 Å². The summed E-state index contributed by atoms with van der Waals surface area (Å²) >= 11 is 0. The molecule has 1 saturated heterocycles. The number of hydrogen-bond acceptors (Lipinski definition) is 7. The third kappa shape index (κ3) is 4.27. The number of rotatable bonds is 7. The second kappa shape index (κ2) is 8.03. The molecule has 1 atom stereocenters. The van der Waals surface area contributed by atoms with Gasteiger partial charge in [-0.3, -0.25) is 9.88 Å². The maximum Gasteiger partial charge on any atom is 0.263 e. The largest absolute Gasteiger partial charge is 0.379 e. The van der Waals surface area contributed by atoms with Gasteiger partial charge < -0.3 is 14.6 Å². The summed E-state index contributed by atoms with van der Waals surface area (Å²) in [7, 11) is 0. The molecule has 3 rings (SSSR count). The summed E-state index contributed by atoms with van der Waals surface area (Å²) in [5, 5.41) is 7.27. The molecule has 2 aromatic rings. The van der Waals surface area contributed by atoms with Crippen LogP contribution in [0.4, 0.5) is 5.95 Å². The zero-order valence-corrected chi connectivity index (χ0v) is 13.4. The number of aryl methyl sites for hydroxylation is 1. The molecule has 124 valence electrons. The number of nitrogens with one attached hydrogen (secondary N) is 1. The van der Waals surface area contributed by atoms with Crippen molar-refractivity contribution in [1.29, 1.82) is 0 Å². The Labute approximate surface area is 136 Å². The van der Waals surface area contributed by atoms with Crippen LogP contribution >= 0.6 is 0 Å². The van der Waals surface area contributed by atoms with E-state index in [-0.39, 0.29) is 6.04 Å². The number of aromatic nitrogens is 3. The molecule has 1 aliphatic heterocycles. The molecule has 1 fully saturated rings. The fourth-order valence-electron chi connectivity index (χ4n) is 2.71. The molecular weight excluding hydrogens is 294 g/mol. The molecule has 1 N–H and O–H groups in total. The number of nitrogens with zero attached hydrogens (tertiary/aromatic N) is 4. The Balaban J connectivity index is 1.67. The number of ether oxygens (including phenoxy) is 1. The van der Waals surface area contributed by atoms with E-state index in [0.717, 1.165) is 44.8 Å². The van der Waals surface area contributed by atoms with E-state index in [4.69, 9.17) is 9.26 Å². The lowest BCUT2D eigenvalue weighted by molar-refractivity contribution is 0.0178. The van der Waals surface area contributed by atoms with Crippen LogP contribution in [-0.4, -0.2) is 52.9 Å². The minimum Gasteiger partial charge on any atom is -0.379 e. The SMILES string of the molecule is CCCc1nc(NC[C@H](c2ccccn2)N2CCOCC2)no1. The monoisotopic (exact) mass is 317 g/mol. The van der Waals surface area contributed by atoms with Crippen LogP contribution in [0.15, 0.2) is 28.9 Å². The Morgan fingerprint density at radius 3 is 2.91 bits per heavy atom. The van der Waals surface area contributed by atoms with Crippen molar-refractivity contribution in [2.75, 3.05) is 38.2 Å². The molecule has 0 saturated carbocycles. The highest BCUT2D eigenvalue weighted by molar-refractivity contribution is 5.23. The summed E-state index contributed by atoms with van der Waals surface area (Å²) in [5.41, 5.74) is 1.04. The molecule has 1 aliphatic rings. The second-order valence-corrected chi connectivity index (χ2v) is 5.56. The lowest BCUT2D eigenvalue weighted by Gasteiger charge is -2.34. The Morgan fingerprint density at radius 1 is 1.30 bits per heavy atom. The highest BCUT2D eigenvalue weighted by Crippen LogP contribution is 2.20. The van der Waals surface area contributed by atoms with E-state index in [1.807, 2.05) is 18.3 Å². The first-order chi connectivity index (χ1) is 11.4. The van der Waals surface area contributed by atoms with E-state index in [0.29, 0.717) is 18.4 Å². The van der Waals surface area contributed by atoms with Crippen molar-refractivity contribution in [3.63, 3.8) is 0 Å². The lowest BCUT2D eigenvalue weighted by Crippen LogP contribution is -2.41. The predicted octanol–water partition coefficient (Wildman–Crippen LogP) is 1.90. The highest BCUT2D eigenvalue weighted by Gasteiger charge is 2.24. The first-order valence-corrected chi connectivity index (χ1v) is 8.16. The lowest BCUT2D eigenvalue weighted by atomic mass is 10.1. The molecule has 0 spiro atoms.